The summed E-state index contributed by atoms with van der Waals surface area (Å²) in [5.41, 5.74) is 6.28. The molecule has 4 aromatic rings. The Labute approximate surface area is 188 Å². The average molecular weight is 445 g/mol. The van der Waals surface area contributed by atoms with Gasteiger partial charge in [0.1, 0.15) is 5.03 Å². The fourth-order valence-corrected chi connectivity index (χ4v) is 6.02. The summed E-state index contributed by atoms with van der Waals surface area (Å²) >= 11 is 1.80. The summed E-state index contributed by atoms with van der Waals surface area (Å²) < 4.78 is 8.00. The zero-order valence-corrected chi connectivity index (χ0v) is 18.4. The van der Waals surface area contributed by atoms with Crippen molar-refractivity contribution in [3.8, 4) is 11.6 Å². The van der Waals surface area contributed by atoms with Crippen molar-refractivity contribution in [2.24, 2.45) is 5.92 Å². The molecule has 2 aliphatic heterocycles. The Morgan fingerprint density at radius 2 is 2.00 bits per heavy atom. The molecular weight excluding hydrogens is 424 g/mol. The van der Waals surface area contributed by atoms with Gasteiger partial charge in [-0.1, -0.05) is 18.2 Å². The molecule has 6 rings (SSSR count). The van der Waals surface area contributed by atoms with Crippen molar-refractivity contribution in [3.63, 3.8) is 0 Å². The maximum Gasteiger partial charge on any atom is 0.269 e. The van der Waals surface area contributed by atoms with Gasteiger partial charge in [-0.15, -0.1) is 11.8 Å². The van der Waals surface area contributed by atoms with E-state index >= 15 is 0 Å². The van der Waals surface area contributed by atoms with Gasteiger partial charge in [-0.05, 0) is 43.2 Å². The van der Waals surface area contributed by atoms with Gasteiger partial charge < -0.3 is 4.74 Å². The molecule has 2 aromatic carbocycles. The number of ether oxygens (including phenoxy) is 1. The molecule has 0 radical (unpaired) electrons. The normalized spacial score (nSPS) is 19.1. The first-order valence-corrected chi connectivity index (χ1v) is 11.5. The van der Waals surface area contributed by atoms with E-state index in [2.05, 4.69) is 31.2 Å². The minimum Gasteiger partial charge on any atom is -0.477 e. The molecule has 0 spiro atoms. The fourth-order valence-electron chi connectivity index (χ4n) is 4.85. The molecule has 8 heteroatoms. The van der Waals surface area contributed by atoms with Crippen LogP contribution in [-0.4, -0.2) is 32.0 Å². The lowest BCUT2D eigenvalue weighted by Crippen LogP contribution is -2.32. The summed E-state index contributed by atoms with van der Waals surface area (Å²) in [5.74, 6) is 2.18. The lowest BCUT2D eigenvalue weighted by atomic mass is 9.80. The van der Waals surface area contributed by atoms with Gasteiger partial charge in [0.05, 0.1) is 28.4 Å². The summed E-state index contributed by atoms with van der Waals surface area (Å²) in [7, 11) is 0. The van der Waals surface area contributed by atoms with Crippen LogP contribution in [0.1, 0.15) is 28.3 Å². The highest BCUT2D eigenvalue weighted by Crippen LogP contribution is 2.51. The highest BCUT2D eigenvalue weighted by Gasteiger charge is 2.41. The Bertz CT molecular complexity index is 1400. The number of hydrogen-bond acceptors (Lipinski definition) is 6. The van der Waals surface area contributed by atoms with Crippen molar-refractivity contribution in [2.75, 3.05) is 12.4 Å². The number of aryl methyl sites for hydroxylation is 2. The second-order valence-corrected chi connectivity index (χ2v) is 9.39. The highest BCUT2D eigenvalue weighted by atomic mass is 32.2. The third-order valence-corrected chi connectivity index (χ3v) is 7.59. The van der Waals surface area contributed by atoms with E-state index in [1.54, 1.807) is 28.6 Å². The number of nitro benzene ring substituents is 1. The number of thioether (sulfide) groups is 1. The molecule has 2 aromatic heterocycles. The second kappa shape index (κ2) is 7.06. The van der Waals surface area contributed by atoms with Crippen molar-refractivity contribution in [2.45, 2.75) is 24.8 Å². The summed E-state index contributed by atoms with van der Waals surface area (Å²) in [4.78, 5) is 15.7. The molecule has 4 heterocycles. The van der Waals surface area contributed by atoms with Crippen molar-refractivity contribution in [1.82, 2.24) is 14.8 Å². The van der Waals surface area contributed by atoms with E-state index in [9.17, 15) is 10.1 Å². The van der Waals surface area contributed by atoms with Crippen molar-refractivity contribution < 1.29 is 9.66 Å². The molecule has 0 aliphatic carbocycles. The second-order valence-electron chi connectivity index (χ2n) is 8.38. The van der Waals surface area contributed by atoms with E-state index in [1.165, 1.54) is 23.3 Å². The van der Waals surface area contributed by atoms with Crippen molar-refractivity contribution >= 4 is 28.4 Å². The number of nitrogens with zero attached hydrogens (tertiary/aromatic N) is 4. The Hall–Kier alpha value is -3.39. The average Bonchev–Trinajstić information content (AvgIpc) is 3.14. The molecule has 2 atom stereocenters. The third-order valence-electron chi connectivity index (χ3n) is 6.39. The number of rotatable bonds is 2. The number of non-ortho nitro benzene ring substituents is 1. The zero-order valence-electron chi connectivity index (χ0n) is 17.6. The summed E-state index contributed by atoms with van der Waals surface area (Å²) in [6, 6.07) is 15.0. The first-order valence-electron chi connectivity index (χ1n) is 10.5. The molecule has 0 amide bonds. The van der Waals surface area contributed by atoms with Gasteiger partial charge in [0.15, 0.2) is 0 Å². The first kappa shape index (κ1) is 19.3. The van der Waals surface area contributed by atoms with Crippen LogP contribution >= 0.6 is 11.8 Å². The molecule has 2 aliphatic rings. The molecule has 0 unspecified atom stereocenters. The van der Waals surface area contributed by atoms with Gasteiger partial charge in [0, 0.05) is 40.7 Å². The van der Waals surface area contributed by atoms with Crippen LogP contribution in [0.15, 0.2) is 53.6 Å². The molecule has 0 fully saturated rings. The minimum absolute atomic E-state index is 0.0546. The van der Waals surface area contributed by atoms with E-state index in [0.29, 0.717) is 12.5 Å². The van der Waals surface area contributed by atoms with Crippen LogP contribution in [0.3, 0.4) is 0 Å². The molecule has 32 heavy (non-hydrogen) atoms. The number of aromatic nitrogens is 3. The lowest BCUT2D eigenvalue weighted by molar-refractivity contribution is -0.384. The van der Waals surface area contributed by atoms with Crippen LogP contribution in [0, 0.1) is 29.9 Å². The SMILES string of the molecule is Cc1nn(-c2ccc([N+](=O)[O-])cc2)c2c1[C@@H]1c3cc4cccc(C)c4nc3SC[C@@H]1CO2. The van der Waals surface area contributed by atoms with E-state index in [0.717, 1.165) is 44.5 Å². The smallest absolute Gasteiger partial charge is 0.269 e. The van der Waals surface area contributed by atoms with E-state index in [1.807, 2.05) is 6.92 Å². The van der Waals surface area contributed by atoms with Crippen LogP contribution < -0.4 is 4.74 Å². The summed E-state index contributed by atoms with van der Waals surface area (Å²) in [5, 5.41) is 18.0. The number of pyridine rings is 1. The summed E-state index contributed by atoms with van der Waals surface area (Å²) in [6.45, 7) is 4.71. The van der Waals surface area contributed by atoms with Gasteiger partial charge in [-0.3, -0.25) is 10.1 Å². The topological polar surface area (TPSA) is 83.1 Å². The monoisotopic (exact) mass is 444 g/mol. The van der Waals surface area contributed by atoms with E-state index in [-0.39, 0.29) is 11.6 Å². The fraction of sp³-hybridized carbons (Fsp3) is 0.250. The Balaban J connectivity index is 1.51. The maximum atomic E-state index is 11.0. The number of nitro groups is 1. The van der Waals surface area contributed by atoms with Gasteiger partial charge in [-0.25, -0.2) is 9.67 Å². The Morgan fingerprint density at radius 3 is 2.78 bits per heavy atom. The van der Waals surface area contributed by atoms with Crippen molar-refractivity contribution in [1.29, 1.82) is 0 Å². The zero-order chi connectivity index (χ0) is 22.0. The molecule has 0 bridgehead atoms. The van der Waals surface area contributed by atoms with E-state index in [4.69, 9.17) is 14.8 Å². The largest absolute Gasteiger partial charge is 0.477 e. The Morgan fingerprint density at radius 1 is 1.19 bits per heavy atom. The summed E-state index contributed by atoms with van der Waals surface area (Å²) in [6.07, 6.45) is 0. The van der Waals surface area contributed by atoms with E-state index < -0.39 is 4.92 Å². The predicted octanol–water partition coefficient (Wildman–Crippen LogP) is 5.19. The minimum atomic E-state index is -0.398. The van der Waals surface area contributed by atoms with Crippen LogP contribution in [-0.2, 0) is 0 Å². The standard InChI is InChI=1S/C24H20N4O3S/c1-13-4-3-5-15-10-19-21-16(12-32-23(19)25-22(13)15)11-31-24-20(21)14(2)26-27(24)17-6-8-18(9-7-17)28(29)30/h3-10,16,21H,11-12H2,1-2H3/t16-,21-/m0/s1. The number of fused-ring (bicyclic) bond motifs is 6. The van der Waals surface area contributed by atoms with Gasteiger partial charge in [0.25, 0.3) is 5.69 Å². The maximum absolute atomic E-state index is 11.0. The van der Waals surface area contributed by atoms with Gasteiger partial charge >= 0.3 is 0 Å². The number of para-hydroxylation sites is 1. The molecule has 0 saturated carbocycles. The van der Waals surface area contributed by atoms with Gasteiger partial charge in [-0.2, -0.15) is 5.10 Å². The quantitative estimate of drug-likeness (QED) is 0.312. The Kier molecular flexibility index (Phi) is 4.26. The first-order chi connectivity index (χ1) is 15.5. The van der Waals surface area contributed by atoms with Crippen LogP contribution in [0.4, 0.5) is 5.69 Å². The van der Waals surface area contributed by atoms with Gasteiger partial charge in [0.2, 0.25) is 5.88 Å². The molecular formula is C24H20N4O3S. The molecule has 7 nitrogen and oxygen atoms in total. The number of benzene rings is 2. The van der Waals surface area contributed by atoms with Crippen LogP contribution in [0.25, 0.3) is 16.6 Å². The van der Waals surface area contributed by atoms with Crippen molar-refractivity contribution in [3.05, 3.63) is 81.0 Å². The third kappa shape index (κ3) is 2.82. The van der Waals surface area contributed by atoms with Crippen LogP contribution in [0.5, 0.6) is 5.88 Å². The molecule has 0 saturated heterocycles. The number of hydrogen-bond donors (Lipinski definition) is 0. The predicted molar refractivity (Wildman–Crippen MR) is 123 cm³/mol. The molecule has 160 valence electrons. The van der Waals surface area contributed by atoms with Crippen LogP contribution in [0.2, 0.25) is 0 Å². The lowest BCUT2D eigenvalue weighted by Gasteiger charge is -2.36. The molecule has 0 N–H and O–H groups in total. The highest BCUT2D eigenvalue weighted by molar-refractivity contribution is 7.99.